The van der Waals surface area contributed by atoms with Crippen LogP contribution in [0.1, 0.15) is 44.2 Å². The van der Waals surface area contributed by atoms with E-state index in [1.807, 2.05) is 7.05 Å². The van der Waals surface area contributed by atoms with Crippen LogP contribution in [-0.4, -0.2) is 84.4 Å². The van der Waals surface area contributed by atoms with Crippen molar-refractivity contribution in [2.45, 2.75) is 44.8 Å². The number of nitrogens with zero attached hydrogens (tertiary/aromatic N) is 6. The first kappa shape index (κ1) is 30.1. The topological polar surface area (TPSA) is 80.7 Å². The van der Waals surface area contributed by atoms with Gasteiger partial charge in [-0.05, 0) is 69.4 Å². The van der Waals surface area contributed by atoms with E-state index in [9.17, 15) is 9.50 Å². The lowest BCUT2D eigenvalue weighted by Gasteiger charge is -2.33. The molecule has 2 aromatic carbocycles. The molecule has 0 radical (unpaired) electrons. The quantitative estimate of drug-likeness (QED) is 0.310. The van der Waals surface area contributed by atoms with Gasteiger partial charge in [-0.25, -0.2) is 13.8 Å². The number of aliphatic hydroxyl groups is 1. The zero-order valence-electron chi connectivity index (χ0n) is 25.8. The van der Waals surface area contributed by atoms with Crippen LogP contribution in [0.15, 0.2) is 30.5 Å². The Kier molecular flexibility index (Phi) is 8.14. The van der Waals surface area contributed by atoms with E-state index in [2.05, 4.69) is 38.0 Å². The van der Waals surface area contributed by atoms with Crippen molar-refractivity contribution in [2.75, 3.05) is 63.2 Å². The summed E-state index contributed by atoms with van der Waals surface area (Å²) in [6, 6.07) is 6.57. The zero-order chi connectivity index (χ0) is 31.2. The summed E-state index contributed by atoms with van der Waals surface area (Å²) in [5, 5.41) is 15.9. The number of piperazine rings is 1. The van der Waals surface area contributed by atoms with E-state index in [-0.39, 0.29) is 16.8 Å². The molecule has 4 heterocycles. The number of rotatable bonds is 6. The Morgan fingerprint density at radius 1 is 1.14 bits per heavy atom. The maximum Gasteiger partial charge on any atom is 0.228 e. The van der Waals surface area contributed by atoms with Crippen LogP contribution in [-0.2, 0) is 5.60 Å². The fourth-order valence-electron chi connectivity index (χ4n) is 6.28. The first-order valence-electron chi connectivity index (χ1n) is 15.3. The Balaban J connectivity index is 1.57. The van der Waals surface area contributed by atoms with Gasteiger partial charge in [-0.1, -0.05) is 18.4 Å². The number of aromatic nitrogens is 3. The van der Waals surface area contributed by atoms with Crippen molar-refractivity contribution in [1.82, 2.24) is 25.2 Å². The normalized spacial score (nSPS) is 18.1. The lowest BCUT2D eigenvalue weighted by Crippen LogP contribution is -2.45. The van der Waals surface area contributed by atoms with Crippen molar-refractivity contribution in [3.8, 4) is 23.6 Å². The van der Waals surface area contributed by atoms with Gasteiger partial charge in [-0.15, -0.1) is 6.42 Å². The molecule has 0 amide bonds. The summed E-state index contributed by atoms with van der Waals surface area (Å²) in [5.74, 6) is 2.29. The number of piperidine rings is 1. The average molecular weight is 600 g/mol. The maximum atomic E-state index is 16.9. The average Bonchev–Trinajstić information content (AvgIpc) is 3.01. The summed E-state index contributed by atoms with van der Waals surface area (Å²) in [4.78, 5) is 20.8. The third kappa shape index (κ3) is 5.68. The van der Waals surface area contributed by atoms with E-state index < -0.39 is 17.2 Å². The summed E-state index contributed by atoms with van der Waals surface area (Å²) in [6.45, 7) is 8.11. The van der Waals surface area contributed by atoms with Gasteiger partial charge in [0.05, 0.1) is 16.6 Å². The third-order valence-corrected chi connectivity index (χ3v) is 8.88. The molecule has 0 aliphatic carbocycles. The number of hydrogen-bond donors (Lipinski definition) is 2. The largest absolute Gasteiger partial charge is 0.386 e. The van der Waals surface area contributed by atoms with Crippen molar-refractivity contribution in [3.05, 3.63) is 53.2 Å². The van der Waals surface area contributed by atoms with Crippen LogP contribution < -0.4 is 15.1 Å². The standard InChI is InChI=1S/C34H39F2N7O/c1-6-24-27(35)11-10-21-17-22(34(2,3)44)18-25(28(21)24)30-29(36)31-26(19-38-30)32(42(5)20-23-9-7-8-12-37-23)40-33(39-31)43-15-13-41(4)14-16-43/h1,10-11,17-19,23,37,44H,7-9,12-16,20H2,2-5H3/t23-/m0/s1. The molecule has 4 aromatic rings. The van der Waals surface area contributed by atoms with Gasteiger partial charge in [0.25, 0.3) is 0 Å². The number of hydrogen-bond acceptors (Lipinski definition) is 8. The fraction of sp³-hybridized carbons (Fsp3) is 0.441. The van der Waals surface area contributed by atoms with Gasteiger partial charge in [-0.3, -0.25) is 4.98 Å². The summed E-state index contributed by atoms with van der Waals surface area (Å²) in [7, 11) is 4.05. The number of benzene rings is 2. The molecule has 0 spiro atoms. The summed E-state index contributed by atoms with van der Waals surface area (Å²) in [5.41, 5.74) is -0.285. The monoisotopic (exact) mass is 599 g/mol. The number of nitrogens with one attached hydrogen (secondary N) is 1. The second kappa shape index (κ2) is 11.9. The molecule has 44 heavy (non-hydrogen) atoms. The van der Waals surface area contributed by atoms with Gasteiger partial charge in [-0.2, -0.15) is 4.98 Å². The first-order valence-corrected chi connectivity index (χ1v) is 15.3. The molecule has 2 aliphatic heterocycles. The molecule has 10 heteroatoms. The Hall–Kier alpha value is -3.91. The lowest BCUT2D eigenvalue weighted by molar-refractivity contribution is 0.0788. The van der Waals surface area contributed by atoms with E-state index in [1.54, 1.807) is 38.2 Å². The molecular weight excluding hydrogens is 560 g/mol. The van der Waals surface area contributed by atoms with Crippen LogP contribution in [0, 0.1) is 24.0 Å². The van der Waals surface area contributed by atoms with Gasteiger partial charge in [0.2, 0.25) is 5.95 Å². The van der Waals surface area contributed by atoms with Gasteiger partial charge in [0.1, 0.15) is 22.8 Å². The van der Waals surface area contributed by atoms with Crippen LogP contribution in [0.25, 0.3) is 32.9 Å². The van der Waals surface area contributed by atoms with Crippen LogP contribution in [0.2, 0.25) is 0 Å². The second-order valence-corrected chi connectivity index (χ2v) is 12.6. The van der Waals surface area contributed by atoms with Crippen molar-refractivity contribution >= 4 is 33.4 Å². The number of halogens is 2. The predicted molar refractivity (Wildman–Crippen MR) is 172 cm³/mol. The third-order valence-electron chi connectivity index (χ3n) is 8.88. The number of fused-ring (bicyclic) bond motifs is 2. The van der Waals surface area contributed by atoms with Gasteiger partial charge in [0.15, 0.2) is 5.82 Å². The molecule has 2 fully saturated rings. The summed E-state index contributed by atoms with van der Waals surface area (Å²) in [6.07, 6.45) is 10.8. The molecule has 8 nitrogen and oxygen atoms in total. The van der Waals surface area contributed by atoms with Crippen LogP contribution in [0.4, 0.5) is 20.5 Å². The van der Waals surface area contributed by atoms with Crippen molar-refractivity contribution < 1.29 is 13.9 Å². The first-order chi connectivity index (χ1) is 21.0. The van der Waals surface area contributed by atoms with E-state index in [0.29, 0.717) is 51.6 Å². The number of anilines is 2. The number of likely N-dealkylation sites (N-methyl/N-ethyl adjacent to an activating group) is 2. The van der Waals surface area contributed by atoms with Crippen LogP contribution >= 0.6 is 0 Å². The fourth-order valence-corrected chi connectivity index (χ4v) is 6.28. The highest BCUT2D eigenvalue weighted by atomic mass is 19.1. The van der Waals surface area contributed by atoms with Gasteiger partial charge >= 0.3 is 0 Å². The van der Waals surface area contributed by atoms with Gasteiger partial charge in [0, 0.05) is 63.0 Å². The molecule has 6 rings (SSSR count). The SMILES string of the molecule is C#Cc1c(F)ccc2cc(C(C)(C)O)cc(-c3ncc4c(N(C)C[C@@H]5CCCCN5)nc(N5CCN(C)CC5)nc4c3F)c12. The maximum absolute atomic E-state index is 16.9. The Labute approximate surface area is 257 Å². The number of terminal acetylenes is 1. The van der Waals surface area contributed by atoms with Crippen molar-refractivity contribution in [1.29, 1.82) is 0 Å². The summed E-state index contributed by atoms with van der Waals surface area (Å²) >= 11 is 0. The Morgan fingerprint density at radius 2 is 1.91 bits per heavy atom. The zero-order valence-corrected chi connectivity index (χ0v) is 25.8. The molecule has 2 N–H and O–H groups in total. The Bertz CT molecular complexity index is 1750. The molecule has 0 unspecified atom stereocenters. The Morgan fingerprint density at radius 3 is 2.59 bits per heavy atom. The second-order valence-electron chi connectivity index (χ2n) is 12.6. The highest BCUT2D eigenvalue weighted by Crippen LogP contribution is 2.39. The molecule has 2 aliphatic rings. The van der Waals surface area contributed by atoms with Crippen LogP contribution in [0.5, 0.6) is 0 Å². The van der Waals surface area contributed by atoms with Gasteiger partial charge < -0.3 is 25.1 Å². The van der Waals surface area contributed by atoms with E-state index >= 15 is 4.39 Å². The molecule has 230 valence electrons. The van der Waals surface area contributed by atoms with E-state index in [4.69, 9.17) is 16.4 Å². The van der Waals surface area contributed by atoms with E-state index in [0.717, 1.165) is 45.6 Å². The van der Waals surface area contributed by atoms with Crippen molar-refractivity contribution in [3.63, 3.8) is 0 Å². The highest BCUT2D eigenvalue weighted by Gasteiger charge is 2.27. The smallest absolute Gasteiger partial charge is 0.228 e. The molecule has 2 aromatic heterocycles. The molecule has 1 atom stereocenters. The highest BCUT2D eigenvalue weighted by molar-refractivity contribution is 6.02. The molecular formula is C34H39F2N7O. The van der Waals surface area contributed by atoms with Crippen molar-refractivity contribution in [2.24, 2.45) is 0 Å². The predicted octanol–water partition coefficient (Wildman–Crippen LogP) is 4.66. The minimum atomic E-state index is -1.25. The summed E-state index contributed by atoms with van der Waals surface area (Å²) < 4.78 is 31.9. The number of pyridine rings is 1. The van der Waals surface area contributed by atoms with Crippen LogP contribution in [0.3, 0.4) is 0 Å². The molecule has 0 bridgehead atoms. The molecule has 2 saturated heterocycles. The minimum Gasteiger partial charge on any atom is -0.386 e. The minimum absolute atomic E-state index is 0.0127. The van der Waals surface area contributed by atoms with E-state index in [1.165, 1.54) is 12.5 Å². The lowest BCUT2D eigenvalue weighted by atomic mass is 9.89. The molecule has 0 saturated carbocycles.